The van der Waals surface area contributed by atoms with Crippen LogP contribution in [-0.4, -0.2) is 40.3 Å². The third kappa shape index (κ3) is 2.75. The molecule has 1 aromatic rings. The molecule has 0 saturated carbocycles. The molecule has 2 aliphatic rings. The van der Waals surface area contributed by atoms with E-state index in [1.54, 1.807) is 13.0 Å². The fourth-order valence-corrected chi connectivity index (χ4v) is 5.82. The summed E-state index contributed by atoms with van der Waals surface area (Å²) in [5.74, 6) is -0.746. The zero-order valence-electron chi connectivity index (χ0n) is 11.9. The molecule has 2 heterocycles. The summed E-state index contributed by atoms with van der Waals surface area (Å²) >= 11 is 0. The number of nitrogens with one attached hydrogen (secondary N) is 2. The van der Waals surface area contributed by atoms with Crippen LogP contribution in [0.15, 0.2) is 23.1 Å². The summed E-state index contributed by atoms with van der Waals surface area (Å²) in [7, 11) is -6.97. The second-order valence-electron chi connectivity index (χ2n) is 5.68. The summed E-state index contributed by atoms with van der Waals surface area (Å²) in [6.45, 7) is 1.70. The van der Waals surface area contributed by atoms with Crippen LogP contribution in [0.4, 0.5) is 5.69 Å². The van der Waals surface area contributed by atoms with Crippen LogP contribution in [0.3, 0.4) is 0 Å². The highest BCUT2D eigenvalue weighted by Crippen LogP contribution is 2.33. The van der Waals surface area contributed by atoms with Gasteiger partial charge in [0.15, 0.2) is 9.84 Å². The Morgan fingerprint density at radius 3 is 2.68 bits per heavy atom. The van der Waals surface area contributed by atoms with Gasteiger partial charge in [-0.3, -0.25) is 4.79 Å². The summed E-state index contributed by atoms with van der Waals surface area (Å²) in [5.41, 5.74) is 1.24. The Morgan fingerprint density at radius 2 is 2.05 bits per heavy atom. The third-order valence-electron chi connectivity index (χ3n) is 4.01. The standard InChI is InChI=1S/C13H16N2O5S2/c1-8-11-6-10(2-3-12(11)14-13(8)16)22(19,20)15-9-4-5-21(17,18)7-9/h2-3,6,8-9,15H,4-5,7H2,1H3,(H,14,16)/t8-,9+/m1/s1. The van der Waals surface area contributed by atoms with Crippen molar-refractivity contribution in [2.24, 2.45) is 0 Å². The maximum atomic E-state index is 12.4. The molecule has 3 rings (SSSR count). The number of sulfonamides is 1. The lowest BCUT2D eigenvalue weighted by Gasteiger charge is -2.12. The minimum Gasteiger partial charge on any atom is -0.325 e. The van der Waals surface area contributed by atoms with Gasteiger partial charge in [-0.1, -0.05) is 0 Å². The molecule has 2 atom stereocenters. The second kappa shape index (κ2) is 5.04. The summed E-state index contributed by atoms with van der Waals surface area (Å²) in [5, 5.41) is 2.68. The molecule has 2 N–H and O–H groups in total. The Labute approximate surface area is 129 Å². The van der Waals surface area contributed by atoms with Crippen molar-refractivity contribution >= 4 is 31.5 Å². The molecule has 1 amide bonds. The lowest BCUT2D eigenvalue weighted by molar-refractivity contribution is -0.116. The number of fused-ring (bicyclic) bond motifs is 1. The van der Waals surface area contributed by atoms with Crippen LogP contribution < -0.4 is 10.0 Å². The molecule has 0 unspecified atom stereocenters. The molecule has 1 aromatic carbocycles. The van der Waals surface area contributed by atoms with Crippen LogP contribution >= 0.6 is 0 Å². The van der Waals surface area contributed by atoms with Gasteiger partial charge in [0.1, 0.15) is 0 Å². The zero-order valence-corrected chi connectivity index (χ0v) is 13.5. The van der Waals surface area contributed by atoms with E-state index in [9.17, 15) is 21.6 Å². The molecule has 7 nitrogen and oxygen atoms in total. The molecule has 120 valence electrons. The first-order chi connectivity index (χ1) is 10.2. The van der Waals surface area contributed by atoms with Crippen molar-refractivity contribution in [3.8, 4) is 0 Å². The minimum absolute atomic E-state index is 0.000168. The Kier molecular flexibility index (Phi) is 3.54. The van der Waals surface area contributed by atoms with Gasteiger partial charge in [-0.25, -0.2) is 21.6 Å². The molecule has 2 aliphatic heterocycles. The number of hydrogen-bond donors (Lipinski definition) is 2. The molecule has 1 fully saturated rings. The number of hydrogen-bond acceptors (Lipinski definition) is 5. The monoisotopic (exact) mass is 344 g/mol. The number of rotatable bonds is 3. The second-order valence-corrected chi connectivity index (χ2v) is 9.62. The molecular weight excluding hydrogens is 328 g/mol. The molecule has 1 saturated heterocycles. The minimum atomic E-state index is -3.81. The van der Waals surface area contributed by atoms with Gasteiger partial charge < -0.3 is 5.32 Å². The van der Waals surface area contributed by atoms with E-state index >= 15 is 0 Å². The van der Waals surface area contributed by atoms with Crippen molar-refractivity contribution in [1.82, 2.24) is 4.72 Å². The van der Waals surface area contributed by atoms with Gasteiger partial charge in [0.05, 0.1) is 22.3 Å². The molecule has 22 heavy (non-hydrogen) atoms. The van der Waals surface area contributed by atoms with E-state index in [0.717, 1.165) is 0 Å². The largest absolute Gasteiger partial charge is 0.325 e. The first-order valence-electron chi connectivity index (χ1n) is 6.85. The average molecular weight is 344 g/mol. The van der Waals surface area contributed by atoms with Gasteiger partial charge in [0.2, 0.25) is 15.9 Å². The van der Waals surface area contributed by atoms with Crippen LogP contribution in [0, 0.1) is 0 Å². The van der Waals surface area contributed by atoms with Crippen molar-refractivity contribution in [1.29, 1.82) is 0 Å². The summed E-state index contributed by atoms with van der Waals surface area (Å²) in [6.07, 6.45) is 0.281. The number of sulfone groups is 1. The lowest BCUT2D eigenvalue weighted by Crippen LogP contribution is -2.35. The molecular formula is C13H16N2O5S2. The molecule has 0 bridgehead atoms. The quantitative estimate of drug-likeness (QED) is 0.814. The van der Waals surface area contributed by atoms with Gasteiger partial charge in [0.25, 0.3) is 0 Å². The smallest absolute Gasteiger partial charge is 0.240 e. The highest BCUT2D eigenvalue weighted by molar-refractivity contribution is 7.92. The van der Waals surface area contributed by atoms with E-state index in [2.05, 4.69) is 10.0 Å². The van der Waals surface area contributed by atoms with Crippen molar-refractivity contribution < 1.29 is 21.6 Å². The van der Waals surface area contributed by atoms with Gasteiger partial charge >= 0.3 is 0 Å². The number of amides is 1. The fourth-order valence-electron chi connectivity index (χ4n) is 2.74. The maximum absolute atomic E-state index is 12.4. The third-order valence-corrected chi connectivity index (χ3v) is 7.29. The molecule has 0 spiro atoms. The predicted molar refractivity (Wildman–Crippen MR) is 80.9 cm³/mol. The van der Waals surface area contributed by atoms with Crippen molar-refractivity contribution in [3.05, 3.63) is 23.8 Å². The van der Waals surface area contributed by atoms with Crippen molar-refractivity contribution in [2.45, 2.75) is 30.2 Å². The Bertz CT molecular complexity index is 845. The maximum Gasteiger partial charge on any atom is 0.240 e. The SMILES string of the molecule is C[C@H]1C(=O)Nc2ccc(S(=O)(=O)N[C@H]3CCS(=O)(=O)C3)cc21. The number of carbonyl (C=O) groups excluding carboxylic acids is 1. The first-order valence-corrected chi connectivity index (χ1v) is 10.2. The van der Waals surface area contributed by atoms with Gasteiger partial charge in [0, 0.05) is 11.7 Å². The Balaban J connectivity index is 1.86. The van der Waals surface area contributed by atoms with E-state index in [0.29, 0.717) is 11.3 Å². The van der Waals surface area contributed by atoms with Gasteiger partial charge in [-0.05, 0) is 37.1 Å². The van der Waals surface area contributed by atoms with Crippen LogP contribution in [0.2, 0.25) is 0 Å². The van der Waals surface area contributed by atoms with Gasteiger partial charge in [-0.2, -0.15) is 0 Å². The highest BCUT2D eigenvalue weighted by Gasteiger charge is 2.33. The average Bonchev–Trinajstić information content (AvgIpc) is 2.89. The van der Waals surface area contributed by atoms with Crippen molar-refractivity contribution in [2.75, 3.05) is 16.8 Å². The van der Waals surface area contributed by atoms with Crippen molar-refractivity contribution in [3.63, 3.8) is 0 Å². The fraction of sp³-hybridized carbons (Fsp3) is 0.462. The summed E-state index contributed by atoms with van der Waals surface area (Å²) < 4.78 is 50.0. The topological polar surface area (TPSA) is 109 Å². The van der Waals surface area contributed by atoms with E-state index in [-0.39, 0.29) is 28.7 Å². The van der Waals surface area contributed by atoms with E-state index in [1.807, 2.05) is 0 Å². The van der Waals surface area contributed by atoms with Crippen LogP contribution in [0.5, 0.6) is 0 Å². The Morgan fingerprint density at radius 1 is 1.32 bits per heavy atom. The molecule has 0 aliphatic carbocycles. The van der Waals surface area contributed by atoms with E-state index in [4.69, 9.17) is 0 Å². The Hall–Kier alpha value is -1.45. The van der Waals surface area contributed by atoms with Gasteiger partial charge in [-0.15, -0.1) is 0 Å². The molecule has 0 aromatic heterocycles. The van der Waals surface area contributed by atoms with Crippen LogP contribution in [0.1, 0.15) is 24.8 Å². The number of anilines is 1. The van der Waals surface area contributed by atoms with Crippen LogP contribution in [0.25, 0.3) is 0 Å². The predicted octanol–water partition coefficient (Wildman–Crippen LogP) is 0.208. The van der Waals surface area contributed by atoms with E-state index < -0.39 is 31.8 Å². The normalized spacial score (nSPS) is 26.7. The van der Waals surface area contributed by atoms with Crippen LogP contribution in [-0.2, 0) is 24.7 Å². The lowest BCUT2D eigenvalue weighted by atomic mass is 10.0. The molecule has 9 heteroatoms. The first kappa shape index (κ1) is 15.4. The van der Waals surface area contributed by atoms with E-state index in [1.165, 1.54) is 12.1 Å². The molecule has 0 radical (unpaired) electrons. The highest BCUT2D eigenvalue weighted by atomic mass is 32.2. The summed E-state index contributed by atoms with van der Waals surface area (Å²) in [6, 6.07) is 3.82. The number of carbonyl (C=O) groups is 1. The summed E-state index contributed by atoms with van der Waals surface area (Å²) in [4.78, 5) is 11.6. The zero-order chi connectivity index (χ0) is 16.1. The number of benzene rings is 1.